The van der Waals surface area contributed by atoms with Crippen molar-refractivity contribution in [1.29, 1.82) is 0 Å². The number of aliphatic carboxylic acids is 3. The molecule has 6 aliphatic heterocycles. The number of carboxylic acid groups (broad SMARTS) is 3. The van der Waals surface area contributed by atoms with Gasteiger partial charge in [-0.3, -0.25) is 34.5 Å². The van der Waals surface area contributed by atoms with Crippen LogP contribution >= 0.6 is 84.9 Å². The van der Waals surface area contributed by atoms with Crippen molar-refractivity contribution in [3.8, 4) is 0 Å². The van der Waals surface area contributed by atoms with E-state index in [-0.39, 0.29) is 123 Å². The van der Waals surface area contributed by atoms with Gasteiger partial charge in [-0.05, 0) is 75.6 Å². The van der Waals surface area contributed by atoms with E-state index < -0.39 is 134 Å². The number of esters is 3. The number of rotatable bonds is 30. The number of carbonyl (C=O) groups is 6. The fraction of sp³-hybridized carbons (Fsp3) is 0.417. The average Bonchev–Trinajstić information content (AvgIpc) is 1.25. The van der Waals surface area contributed by atoms with Gasteiger partial charge in [0.15, 0.2) is 32.5 Å². The summed E-state index contributed by atoms with van der Waals surface area (Å²) in [6.07, 6.45) is 2.41. The molecule has 0 saturated carbocycles. The Morgan fingerprint density at radius 1 is 0.562 bits per heavy atom. The van der Waals surface area contributed by atoms with E-state index in [9.17, 15) is 59.5 Å². The lowest BCUT2D eigenvalue weighted by Gasteiger charge is -2.31. The predicted molar refractivity (Wildman–Crippen MR) is 408 cm³/mol. The van der Waals surface area contributed by atoms with Gasteiger partial charge in [0.05, 0.1) is 62.1 Å². The summed E-state index contributed by atoms with van der Waals surface area (Å²) in [7, 11) is 0. The van der Waals surface area contributed by atoms with Crippen LogP contribution in [0.2, 0.25) is 10.0 Å². The number of carbonyl (C=O) groups excluding carboxylic acids is 3. The van der Waals surface area contributed by atoms with Crippen LogP contribution < -0.4 is 16.0 Å². The van der Waals surface area contributed by atoms with E-state index in [2.05, 4.69) is 51.8 Å². The molecule has 6 aliphatic rings. The van der Waals surface area contributed by atoms with Gasteiger partial charge in [0, 0.05) is 140 Å². The summed E-state index contributed by atoms with van der Waals surface area (Å²) in [6, 6.07) is 7.43. The largest absolute Gasteiger partial charge is 0.481 e. The maximum Gasteiger partial charge on any atom is 0.338 e. The minimum absolute atomic E-state index is 0.00931. The van der Waals surface area contributed by atoms with Crippen LogP contribution in [0, 0.1) is 17.5 Å². The number of ether oxygens (including phenoxy) is 5. The lowest BCUT2D eigenvalue weighted by molar-refractivity contribution is -0.143. The summed E-state index contributed by atoms with van der Waals surface area (Å²) >= 11 is 21.2. The Morgan fingerprint density at radius 3 is 1.29 bits per heavy atom. The van der Waals surface area contributed by atoms with Crippen LogP contribution in [0.3, 0.4) is 0 Å². The number of hydrogen-bond donors (Lipinski definition) is 6. The SMILES string of the molecule is CCOC(=O)C1=C(CN2CC(F)(F)CC2CSCC(=O)O)NC(c2nccs2)=N[C@H]1c1ccc(F)cc1Cl.CCOC(=O)C1=C(CN2CC(F)CC2COCC(=O)O)NC(c2nccs2)=N[C@H]1c1ccc(F)cc1Br.CCOC(=O)C1=C(CN2CC(F)CC2COCC(=O)O)NC(c2nccs2)=N[C@H]1c1ccc(F)cc1Cl. The molecule has 0 bridgehead atoms. The fourth-order valence-electron chi connectivity index (χ4n) is 13.0. The van der Waals surface area contributed by atoms with Gasteiger partial charge in [-0.2, -0.15) is 0 Å². The third-order valence-corrected chi connectivity index (χ3v) is 22.4. The number of thioether (sulfide) groups is 1. The number of amidine groups is 3. The molecule has 3 aromatic carbocycles. The first-order valence-electron chi connectivity index (χ1n) is 34.7. The highest BCUT2D eigenvalue weighted by molar-refractivity contribution is 9.10. The molecule has 3 aromatic heterocycles. The van der Waals surface area contributed by atoms with Crippen molar-refractivity contribution < 1.29 is 98.5 Å². The number of aliphatic imine (C=N–C) groups is 3. The van der Waals surface area contributed by atoms with Gasteiger partial charge in [0.1, 0.15) is 61.1 Å². The van der Waals surface area contributed by atoms with Crippen LogP contribution in [0.15, 0.2) is 143 Å². The molecule has 40 heteroatoms. The minimum Gasteiger partial charge on any atom is -0.481 e. The molecule has 3 saturated heterocycles. The first kappa shape index (κ1) is 86.1. The van der Waals surface area contributed by atoms with Crippen LogP contribution in [-0.2, 0) is 52.5 Å². The summed E-state index contributed by atoms with van der Waals surface area (Å²) in [6.45, 7) is 4.00. The third-order valence-electron chi connectivity index (χ3n) is 17.7. The zero-order chi connectivity index (χ0) is 80.5. The van der Waals surface area contributed by atoms with Gasteiger partial charge in [0.2, 0.25) is 0 Å². The number of hydrogen-bond acceptors (Lipinski definition) is 27. The van der Waals surface area contributed by atoms with E-state index in [0.717, 1.165) is 23.9 Å². The Labute approximate surface area is 671 Å². The summed E-state index contributed by atoms with van der Waals surface area (Å²) < 4.78 is 126. The number of nitrogens with zero attached hydrogens (tertiary/aromatic N) is 9. The number of alkyl halides is 4. The van der Waals surface area contributed by atoms with Gasteiger partial charge >= 0.3 is 35.8 Å². The second kappa shape index (κ2) is 40.1. The standard InChI is InChI=1S/C24H25BrF2N4O5S.C24H24ClF3N4O4S2.C24H25ClF2N4O5S/c1-2-36-24(34)20-18(10-31-9-14(27)7-15(31)11-35-12-19(32)33)29-22(23-28-5-6-37-23)30-21(20)16-4-3-13(26)8-17(16)25;1-2-36-23(35)19-17(9-32-12-24(27,28)8-14(32)10-37-11-18(33)34)30-21(22-29-5-6-38-22)31-20(19)15-4-3-13(26)7-16(15)25;1-2-36-24(34)20-18(10-31-9-14(27)7-15(31)11-35-12-19(32)33)29-22(23-28-5-6-37-23)30-21(20)16-4-3-13(26)8-17(16)25/h3-6,8,14-15,21H,2,7,9-12H2,1H3,(H,29,30)(H,32,33);3-7,14,20H,2,8-12H2,1H3,(H,30,31)(H,33,34);3-6,8,14-15,21H,2,7,9-12H2,1H3,(H,29,30)(H,32,33)/t14?,15?,21-;14?,20-;14?,15?,21-/m000/s1. The van der Waals surface area contributed by atoms with E-state index in [1.54, 1.807) is 71.4 Å². The quantitative estimate of drug-likeness (QED) is 0.0139. The van der Waals surface area contributed by atoms with Gasteiger partial charge in [-0.1, -0.05) is 57.3 Å². The van der Waals surface area contributed by atoms with Crippen LogP contribution in [0.4, 0.5) is 30.7 Å². The molecule has 0 radical (unpaired) electrons. The molecule has 12 rings (SSSR count). The van der Waals surface area contributed by atoms with Gasteiger partial charge in [-0.15, -0.1) is 45.8 Å². The average molecular weight is 1740 g/mol. The van der Waals surface area contributed by atoms with E-state index in [1.165, 1.54) is 75.3 Å². The molecule has 6 aromatic rings. The molecule has 26 nitrogen and oxygen atoms in total. The number of nitrogens with one attached hydrogen (secondary N) is 3. The number of carboxylic acids is 3. The molecule has 112 heavy (non-hydrogen) atoms. The van der Waals surface area contributed by atoms with Crippen LogP contribution in [0.1, 0.15) is 89.9 Å². The number of aromatic nitrogens is 3. The van der Waals surface area contributed by atoms with Crippen LogP contribution in [0.5, 0.6) is 0 Å². The van der Waals surface area contributed by atoms with Gasteiger partial charge in [0.25, 0.3) is 5.92 Å². The first-order chi connectivity index (χ1) is 53.6. The maximum absolute atomic E-state index is 14.5. The van der Waals surface area contributed by atoms with Crippen molar-refractivity contribution in [2.45, 2.75) is 94.6 Å². The molecule has 600 valence electrons. The smallest absolute Gasteiger partial charge is 0.338 e. The highest BCUT2D eigenvalue weighted by Gasteiger charge is 2.47. The van der Waals surface area contributed by atoms with Crippen LogP contribution in [0.25, 0.3) is 0 Å². The molecule has 0 spiro atoms. The molecule has 6 N–H and O–H groups in total. The zero-order valence-electron chi connectivity index (χ0n) is 59.8. The number of thiazole rings is 3. The van der Waals surface area contributed by atoms with Crippen molar-refractivity contribution in [2.75, 3.05) is 97.0 Å². The van der Waals surface area contributed by atoms with Crippen molar-refractivity contribution in [1.82, 2.24) is 45.6 Å². The second-order valence-corrected chi connectivity index (χ2v) is 30.9. The normalized spacial score (nSPS) is 21.8. The molecular weight excluding hydrogens is 1670 g/mol. The molecule has 5 unspecified atom stereocenters. The van der Waals surface area contributed by atoms with Crippen molar-refractivity contribution in [2.24, 2.45) is 15.0 Å². The summed E-state index contributed by atoms with van der Waals surface area (Å²) in [5.41, 5.74) is 2.83. The van der Waals surface area contributed by atoms with E-state index in [0.29, 0.717) is 65.1 Å². The van der Waals surface area contributed by atoms with E-state index in [4.69, 9.17) is 72.2 Å². The summed E-state index contributed by atoms with van der Waals surface area (Å²) in [5, 5.41) is 43.2. The van der Waals surface area contributed by atoms with Gasteiger partial charge < -0.3 is 55.0 Å². The number of halogens is 10. The highest BCUT2D eigenvalue weighted by atomic mass is 79.9. The zero-order valence-corrected chi connectivity index (χ0v) is 66.1. The Morgan fingerprint density at radius 2 is 0.938 bits per heavy atom. The Kier molecular flexibility index (Phi) is 30.9. The monoisotopic (exact) mass is 1740 g/mol. The lowest BCUT2D eigenvalue weighted by Crippen LogP contribution is -2.42. The molecule has 0 aliphatic carbocycles. The van der Waals surface area contributed by atoms with E-state index in [1.807, 2.05) is 0 Å². The lowest BCUT2D eigenvalue weighted by atomic mass is 9.95. The topological polar surface area (TPSA) is 331 Å². The molecule has 3 fully saturated rings. The van der Waals surface area contributed by atoms with E-state index >= 15 is 0 Å². The van der Waals surface area contributed by atoms with Crippen molar-refractivity contribution in [3.05, 3.63) is 187 Å². The van der Waals surface area contributed by atoms with Crippen molar-refractivity contribution >= 4 is 138 Å². The molecule has 0 amide bonds. The van der Waals surface area contributed by atoms with Crippen LogP contribution in [-0.4, -0.2) is 232 Å². The Balaban J connectivity index is 0.000000178. The van der Waals surface area contributed by atoms with Crippen molar-refractivity contribution in [3.63, 3.8) is 0 Å². The molecule has 9 heterocycles. The Bertz CT molecular complexity index is 4390. The third kappa shape index (κ3) is 22.8. The summed E-state index contributed by atoms with van der Waals surface area (Å²) in [4.78, 5) is 104. The minimum atomic E-state index is -2.99. The number of benzene rings is 3. The number of likely N-dealkylation sites (tertiary alicyclic amines) is 3. The molecular formula is C72H74BrCl2F7N12O14S4. The second-order valence-electron chi connectivity index (χ2n) is 25.5. The fourth-order valence-corrected chi connectivity index (χ4v) is 16.8. The first-order valence-corrected chi connectivity index (χ1v) is 40.0. The van der Waals surface area contributed by atoms with Gasteiger partial charge in [-0.25, -0.2) is 69.7 Å². The molecule has 8 atom stereocenters. The predicted octanol–water partition coefficient (Wildman–Crippen LogP) is 11.2. The highest BCUT2D eigenvalue weighted by Crippen LogP contribution is 2.43. The Hall–Kier alpha value is -8.28. The summed E-state index contributed by atoms with van der Waals surface area (Å²) in [5.74, 6) is -8.74. The maximum atomic E-state index is 14.5.